The van der Waals surface area contributed by atoms with E-state index >= 15 is 0 Å². The maximum Gasteiger partial charge on any atom is 0.115 e. The average molecular weight is 192 g/mol. The summed E-state index contributed by atoms with van der Waals surface area (Å²) in [7, 11) is 0. The Bertz CT molecular complexity index is 293. The van der Waals surface area contributed by atoms with Crippen LogP contribution in [0.25, 0.3) is 0 Å². The lowest BCUT2D eigenvalue weighted by Crippen LogP contribution is -2.28. The Kier molecular flexibility index (Phi) is 2.50. The molecule has 1 unspecified atom stereocenters. The lowest BCUT2D eigenvalue weighted by Gasteiger charge is -2.33. The molecule has 0 aliphatic heterocycles. The van der Waals surface area contributed by atoms with Crippen LogP contribution in [-0.2, 0) is 5.60 Å². The molecule has 0 spiro atoms. The van der Waals surface area contributed by atoms with Crippen LogP contribution in [0, 0.1) is 5.92 Å². The van der Waals surface area contributed by atoms with E-state index in [0.29, 0.717) is 5.92 Å². The fourth-order valence-electron chi connectivity index (χ4n) is 1.95. The molecule has 1 atom stereocenters. The maximum absolute atomic E-state index is 10.2. The van der Waals surface area contributed by atoms with E-state index in [-0.39, 0.29) is 0 Å². The Hall–Kier alpha value is -0.960. The summed E-state index contributed by atoms with van der Waals surface area (Å²) in [4.78, 5) is 7.86. The molecule has 3 heteroatoms. The Morgan fingerprint density at radius 3 is 2.57 bits per heavy atom. The van der Waals surface area contributed by atoms with Gasteiger partial charge in [0.05, 0.1) is 5.60 Å². The first-order valence-electron chi connectivity index (χ1n) is 5.16. The van der Waals surface area contributed by atoms with Gasteiger partial charge in [0.25, 0.3) is 0 Å². The van der Waals surface area contributed by atoms with Crippen LogP contribution in [-0.4, -0.2) is 15.1 Å². The van der Waals surface area contributed by atoms with Crippen molar-refractivity contribution in [3.8, 4) is 0 Å². The highest BCUT2D eigenvalue weighted by Gasteiger charge is 2.30. The minimum atomic E-state index is -0.758. The van der Waals surface area contributed by atoms with Crippen molar-refractivity contribution in [2.75, 3.05) is 0 Å². The van der Waals surface area contributed by atoms with Crippen molar-refractivity contribution in [1.82, 2.24) is 9.97 Å². The van der Waals surface area contributed by atoms with Gasteiger partial charge >= 0.3 is 0 Å². The molecule has 0 bridgehead atoms. The number of rotatable bonds is 3. The minimum Gasteiger partial charge on any atom is -0.385 e. The van der Waals surface area contributed by atoms with Crippen LogP contribution in [0.2, 0.25) is 0 Å². The molecule has 2 rings (SSSR count). The molecule has 3 nitrogen and oxygen atoms in total. The molecule has 1 N–H and O–H groups in total. The molecule has 1 heterocycles. The smallest absolute Gasteiger partial charge is 0.115 e. The van der Waals surface area contributed by atoms with Crippen LogP contribution in [0.15, 0.2) is 18.7 Å². The quantitative estimate of drug-likeness (QED) is 0.795. The average Bonchev–Trinajstić information content (AvgIpc) is 2.13. The molecule has 0 radical (unpaired) electrons. The first kappa shape index (κ1) is 9.59. The van der Waals surface area contributed by atoms with Gasteiger partial charge in [-0.1, -0.05) is 19.3 Å². The first-order chi connectivity index (χ1) is 6.68. The van der Waals surface area contributed by atoms with E-state index in [1.165, 1.54) is 25.6 Å². The zero-order chi connectivity index (χ0) is 10.0. The van der Waals surface area contributed by atoms with Crippen LogP contribution in [0.3, 0.4) is 0 Å². The summed E-state index contributed by atoms with van der Waals surface area (Å²) >= 11 is 0. The highest BCUT2D eigenvalue weighted by molar-refractivity contribution is 5.13. The SMILES string of the molecule is CC(O)(CC1CCC1)c1cncnc1. The van der Waals surface area contributed by atoms with Crippen molar-refractivity contribution in [3.63, 3.8) is 0 Å². The van der Waals surface area contributed by atoms with Crippen LogP contribution >= 0.6 is 0 Å². The molecule has 1 fully saturated rings. The van der Waals surface area contributed by atoms with Gasteiger partial charge in [-0.05, 0) is 19.3 Å². The Morgan fingerprint density at radius 2 is 2.07 bits per heavy atom. The monoisotopic (exact) mass is 192 g/mol. The Balaban J connectivity index is 2.06. The van der Waals surface area contributed by atoms with Crippen LogP contribution in [0.1, 0.15) is 38.2 Å². The van der Waals surface area contributed by atoms with Gasteiger partial charge < -0.3 is 5.11 Å². The molecule has 1 aliphatic carbocycles. The largest absolute Gasteiger partial charge is 0.385 e. The number of aliphatic hydroxyl groups is 1. The summed E-state index contributed by atoms with van der Waals surface area (Å²) in [6, 6.07) is 0. The predicted molar refractivity (Wildman–Crippen MR) is 53.6 cm³/mol. The standard InChI is InChI=1S/C11H16N2O/c1-11(14,5-9-3-2-4-9)10-6-12-8-13-7-10/h6-9,14H,2-5H2,1H3. The molecule has 0 saturated heterocycles. The van der Waals surface area contributed by atoms with Gasteiger partial charge in [-0.2, -0.15) is 0 Å². The van der Waals surface area contributed by atoms with Gasteiger partial charge in [0.15, 0.2) is 0 Å². The van der Waals surface area contributed by atoms with E-state index < -0.39 is 5.60 Å². The zero-order valence-corrected chi connectivity index (χ0v) is 8.48. The van der Waals surface area contributed by atoms with Crippen molar-refractivity contribution >= 4 is 0 Å². The fourth-order valence-corrected chi connectivity index (χ4v) is 1.95. The minimum absolute atomic E-state index is 0.685. The summed E-state index contributed by atoms with van der Waals surface area (Å²) in [5.41, 5.74) is 0.0682. The molecule has 14 heavy (non-hydrogen) atoms. The van der Waals surface area contributed by atoms with Crippen molar-refractivity contribution in [1.29, 1.82) is 0 Å². The van der Waals surface area contributed by atoms with Crippen LogP contribution < -0.4 is 0 Å². The van der Waals surface area contributed by atoms with E-state index in [1.807, 2.05) is 6.92 Å². The van der Waals surface area contributed by atoms with Crippen molar-refractivity contribution < 1.29 is 5.11 Å². The molecular formula is C11H16N2O. The second kappa shape index (κ2) is 3.65. The van der Waals surface area contributed by atoms with Gasteiger partial charge in [0.1, 0.15) is 6.33 Å². The van der Waals surface area contributed by atoms with Gasteiger partial charge in [0, 0.05) is 18.0 Å². The van der Waals surface area contributed by atoms with E-state index in [9.17, 15) is 5.11 Å². The molecule has 1 aromatic heterocycles. The first-order valence-corrected chi connectivity index (χ1v) is 5.16. The highest BCUT2D eigenvalue weighted by Crippen LogP contribution is 2.37. The van der Waals surface area contributed by atoms with Gasteiger partial charge in [-0.15, -0.1) is 0 Å². The number of nitrogens with zero attached hydrogens (tertiary/aromatic N) is 2. The lowest BCUT2D eigenvalue weighted by molar-refractivity contribution is 0.0155. The molecule has 76 valence electrons. The third kappa shape index (κ3) is 1.93. The predicted octanol–water partition coefficient (Wildman–Crippen LogP) is 1.87. The van der Waals surface area contributed by atoms with Gasteiger partial charge in [0.2, 0.25) is 0 Å². The van der Waals surface area contributed by atoms with Gasteiger partial charge in [-0.3, -0.25) is 0 Å². The lowest BCUT2D eigenvalue weighted by atomic mass is 9.76. The molecule has 1 saturated carbocycles. The van der Waals surface area contributed by atoms with E-state index in [4.69, 9.17) is 0 Å². The number of aromatic nitrogens is 2. The highest BCUT2D eigenvalue weighted by atomic mass is 16.3. The third-order valence-corrected chi connectivity index (χ3v) is 3.09. The van der Waals surface area contributed by atoms with Gasteiger partial charge in [-0.25, -0.2) is 9.97 Å². The summed E-state index contributed by atoms with van der Waals surface area (Å²) < 4.78 is 0. The summed E-state index contributed by atoms with van der Waals surface area (Å²) in [5, 5.41) is 10.2. The topological polar surface area (TPSA) is 46.0 Å². The maximum atomic E-state index is 10.2. The number of hydrogen-bond acceptors (Lipinski definition) is 3. The van der Waals surface area contributed by atoms with Crippen molar-refractivity contribution in [2.24, 2.45) is 5.92 Å². The fraction of sp³-hybridized carbons (Fsp3) is 0.636. The summed E-state index contributed by atoms with van der Waals surface area (Å²) in [6.45, 7) is 1.85. The normalized spacial score (nSPS) is 21.3. The summed E-state index contributed by atoms with van der Waals surface area (Å²) in [6.07, 6.45) is 9.54. The molecule has 0 amide bonds. The van der Waals surface area contributed by atoms with Crippen LogP contribution in [0.4, 0.5) is 0 Å². The second-order valence-electron chi connectivity index (χ2n) is 4.40. The number of hydrogen-bond donors (Lipinski definition) is 1. The van der Waals surface area contributed by atoms with Crippen molar-refractivity contribution in [3.05, 3.63) is 24.3 Å². The van der Waals surface area contributed by atoms with E-state index in [2.05, 4.69) is 9.97 Å². The molecule has 1 aliphatic rings. The third-order valence-electron chi connectivity index (χ3n) is 3.09. The molecule has 0 aromatic carbocycles. The second-order valence-corrected chi connectivity index (χ2v) is 4.40. The molecular weight excluding hydrogens is 176 g/mol. The molecule has 1 aromatic rings. The Morgan fingerprint density at radius 1 is 1.43 bits per heavy atom. The summed E-state index contributed by atoms with van der Waals surface area (Å²) in [5.74, 6) is 0.685. The Labute approximate surface area is 84.2 Å². The van der Waals surface area contributed by atoms with Crippen LogP contribution in [0.5, 0.6) is 0 Å². The van der Waals surface area contributed by atoms with E-state index in [0.717, 1.165) is 12.0 Å². The van der Waals surface area contributed by atoms with Crippen molar-refractivity contribution in [2.45, 2.75) is 38.2 Å². The zero-order valence-electron chi connectivity index (χ0n) is 8.48. The van der Waals surface area contributed by atoms with E-state index in [1.54, 1.807) is 12.4 Å².